The number of Topliss-reactive ketones (excluding diaryl/α,β-unsaturated/α-hetero) is 1. The Labute approximate surface area is 198 Å². The van der Waals surface area contributed by atoms with Gasteiger partial charge < -0.3 is 14.2 Å². The fourth-order valence-corrected chi connectivity index (χ4v) is 3.98. The second kappa shape index (κ2) is 9.97. The third-order valence-corrected chi connectivity index (χ3v) is 6.27. The zero-order chi connectivity index (χ0) is 23.5. The number of halogens is 2. The van der Waals surface area contributed by atoms with Crippen LogP contribution in [0.4, 0.5) is 0 Å². The van der Waals surface area contributed by atoms with Crippen molar-refractivity contribution >= 4 is 39.0 Å². The predicted molar refractivity (Wildman–Crippen MR) is 124 cm³/mol. The molecule has 0 amide bonds. The van der Waals surface area contributed by atoms with E-state index >= 15 is 0 Å². The second-order valence-corrected chi connectivity index (χ2v) is 10.8. The van der Waals surface area contributed by atoms with Crippen molar-refractivity contribution in [2.75, 3.05) is 32.6 Å². The minimum atomic E-state index is -3.42. The molecule has 32 heavy (non-hydrogen) atoms. The van der Waals surface area contributed by atoms with Crippen LogP contribution in [-0.2, 0) is 25.0 Å². The van der Waals surface area contributed by atoms with E-state index in [2.05, 4.69) is 4.72 Å². The zero-order valence-electron chi connectivity index (χ0n) is 18.0. The molecule has 1 saturated heterocycles. The molecule has 2 aromatic rings. The van der Waals surface area contributed by atoms with E-state index in [1.807, 2.05) is 38.1 Å². The van der Waals surface area contributed by atoms with Crippen LogP contribution in [-0.4, -0.2) is 52.9 Å². The maximum atomic E-state index is 11.8. The molecule has 0 unspecified atom stereocenters. The van der Waals surface area contributed by atoms with Crippen molar-refractivity contribution in [1.82, 2.24) is 4.72 Å². The number of benzene rings is 2. The molecule has 1 heterocycles. The van der Waals surface area contributed by atoms with Crippen molar-refractivity contribution in [3.63, 3.8) is 0 Å². The molecule has 1 N–H and O–H groups in total. The van der Waals surface area contributed by atoms with Gasteiger partial charge in [-0.25, -0.2) is 13.1 Å². The van der Waals surface area contributed by atoms with Crippen molar-refractivity contribution in [2.24, 2.45) is 0 Å². The van der Waals surface area contributed by atoms with E-state index in [9.17, 15) is 13.2 Å². The first-order valence-corrected chi connectivity index (χ1v) is 12.5. The van der Waals surface area contributed by atoms with Gasteiger partial charge in [-0.2, -0.15) is 0 Å². The molecular weight excluding hydrogens is 477 g/mol. The van der Waals surface area contributed by atoms with Gasteiger partial charge in [0.2, 0.25) is 10.0 Å². The fraction of sp³-hybridized carbons (Fsp3) is 0.409. The van der Waals surface area contributed by atoms with Crippen LogP contribution in [0.5, 0.6) is 11.5 Å². The molecule has 1 atom stereocenters. The quantitative estimate of drug-likeness (QED) is 0.472. The molecule has 0 aliphatic carbocycles. The van der Waals surface area contributed by atoms with Gasteiger partial charge in [0.15, 0.2) is 11.5 Å². The largest absolute Gasteiger partial charge is 0.488 e. The highest BCUT2D eigenvalue weighted by Gasteiger charge is 2.27. The lowest BCUT2D eigenvalue weighted by molar-refractivity contribution is -0.119. The van der Waals surface area contributed by atoms with Crippen LogP contribution < -0.4 is 14.2 Å². The van der Waals surface area contributed by atoms with Crippen molar-refractivity contribution in [3.8, 4) is 11.5 Å². The van der Waals surface area contributed by atoms with Crippen LogP contribution in [0.2, 0.25) is 10.0 Å². The summed E-state index contributed by atoms with van der Waals surface area (Å²) in [7, 11) is -3.42. The van der Waals surface area contributed by atoms with Gasteiger partial charge in [0.25, 0.3) is 0 Å². The first-order valence-electron chi connectivity index (χ1n) is 9.89. The molecule has 1 aliphatic heterocycles. The number of hydrogen-bond acceptors (Lipinski definition) is 6. The summed E-state index contributed by atoms with van der Waals surface area (Å²) in [5.41, 5.74) is 1.49. The normalized spacial score (nSPS) is 16.0. The van der Waals surface area contributed by atoms with Crippen molar-refractivity contribution in [2.45, 2.75) is 25.4 Å². The third-order valence-electron chi connectivity index (χ3n) is 5.04. The van der Waals surface area contributed by atoms with E-state index in [0.717, 1.165) is 17.4 Å². The third kappa shape index (κ3) is 6.83. The summed E-state index contributed by atoms with van der Waals surface area (Å²) < 4.78 is 40.5. The predicted octanol–water partition coefficient (Wildman–Crippen LogP) is 3.59. The van der Waals surface area contributed by atoms with Gasteiger partial charge in [0, 0.05) is 5.41 Å². The average molecular weight is 502 g/mol. The van der Waals surface area contributed by atoms with E-state index in [4.69, 9.17) is 37.4 Å². The maximum Gasteiger partial charge on any atom is 0.209 e. The topological polar surface area (TPSA) is 94.2 Å². The van der Waals surface area contributed by atoms with E-state index in [1.165, 1.54) is 0 Å². The Kier molecular flexibility index (Phi) is 7.73. The lowest BCUT2D eigenvalue weighted by Gasteiger charge is -2.27. The number of sulfonamides is 1. The van der Waals surface area contributed by atoms with Gasteiger partial charge in [-0.05, 0) is 35.4 Å². The molecule has 174 valence electrons. The second-order valence-electron chi connectivity index (χ2n) is 8.11. The highest BCUT2D eigenvalue weighted by molar-refractivity contribution is 7.88. The van der Waals surface area contributed by atoms with E-state index < -0.39 is 15.4 Å². The SMILES string of the molecule is CC(C)(c1ccc(OCC(=O)CNS(C)(=O)=O)cc1)c1cc(Cl)c(OC[C@H]2CO2)c(Cl)c1. The molecule has 0 spiro atoms. The van der Waals surface area contributed by atoms with Crippen molar-refractivity contribution < 1.29 is 27.4 Å². The van der Waals surface area contributed by atoms with Crippen LogP contribution >= 0.6 is 23.2 Å². The Bertz CT molecular complexity index is 1060. The van der Waals surface area contributed by atoms with Gasteiger partial charge in [-0.15, -0.1) is 0 Å². The van der Waals surface area contributed by atoms with Gasteiger partial charge in [-0.3, -0.25) is 4.79 Å². The Morgan fingerprint density at radius 2 is 1.72 bits per heavy atom. The Balaban J connectivity index is 1.65. The molecule has 0 bridgehead atoms. The van der Waals surface area contributed by atoms with Crippen molar-refractivity contribution in [1.29, 1.82) is 0 Å². The first kappa shape index (κ1) is 24.8. The molecule has 0 radical (unpaired) electrons. The van der Waals surface area contributed by atoms with Crippen molar-refractivity contribution in [3.05, 3.63) is 57.6 Å². The molecule has 3 rings (SSSR count). The number of epoxide rings is 1. The van der Waals surface area contributed by atoms with E-state index in [0.29, 0.717) is 34.8 Å². The summed E-state index contributed by atoms with van der Waals surface area (Å²) in [6.07, 6.45) is 1.09. The smallest absolute Gasteiger partial charge is 0.209 e. The standard InChI is InChI=1S/C22H25Cl2NO6S/c1-22(2,15-8-19(23)21(20(24)9-15)31-13-18-12-30-18)14-4-6-17(7-5-14)29-11-16(26)10-25-32(3,27)28/h4-9,18,25H,10-13H2,1-3H3/t18-/m1/s1. The molecule has 0 saturated carbocycles. The van der Waals surface area contributed by atoms with Gasteiger partial charge in [-0.1, -0.05) is 49.2 Å². The molecule has 0 aromatic heterocycles. The molecule has 10 heteroatoms. The molecule has 1 aliphatic rings. The fourth-order valence-electron chi connectivity index (χ4n) is 2.96. The van der Waals surface area contributed by atoms with E-state index in [-0.39, 0.29) is 25.0 Å². The Morgan fingerprint density at radius 3 is 2.25 bits per heavy atom. The number of ketones is 1. The minimum absolute atomic E-state index is 0.102. The Morgan fingerprint density at radius 1 is 1.12 bits per heavy atom. The van der Waals surface area contributed by atoms with Crippen LogP contribution in [0.3, 0.4) is 0 Å². The number of hydrogen-bond donors (Lipinski definition) is 1. The summed E-state index contributed by atoms with van der Waals surface area (Å²) in [6, 6.07) is 11.0. The lowest BCUT2D eigenvalue weighted by Crippen LogP contribution is -2.31. The number of rotatable bonds is 11. The molecule has 7 nitrogen and oxygen atoms in total. The van der Waals surface area contributed by atoms with Gasteiger partial charge in [0.05, 0.1) is 29.5 Å². The first-order chi connectivity index (χ1) is 15.0. The lowest BCUT2D eigenvalue weighted by atomic mass is 9.78. The highest BCUT2D eigenvalue weighted by atomic mass is 35.5. The number of carbonyl (C=O) groups excluding carboxylic acids is 1. The van der Waals surface area contributed by atoms with Gasteiger partial charge >= 0.3 is 0 Å². The van der Waals surface area contributed by atoms with Crippen LogP contribution in [0.25, 0.3) is 0 Å². The summed E-state index contributed by atoms with van der Waals surface area (Å²) in [4.78, 5) is 11.8. The number of carbonyl (C=O) groups is 1. The summed E-state index contributed by atoms with van der Waals surface area (Å²) in [5, 5.41) is 0.866. The Hall–Kier alpha value is -1.84. The highest BCUT2D eigenvalue weighted by Crippen LogP contribution is 2.41. The maximum absolute atomic E-state index is 11.8. The monoisotopic (exact) mass is 501 g/mol. The van der Waals surface area contributed by atoms with Crippen LogP contribution in [0.1, 0.15) is 25.0 Å². The zero-order valence-corrected chi connectivity index (χ0v) is 20.3. The van der Waals surface area contributed by atoms with Crippen LogP contribution in [0, 0.1) is 0 Å². The van der Waals surface area contributed by atoms with Crippen LogP contribution in [0.15, 0.2) is 36.4 Å². The van der Waals surface area contributed by atoms with Gasteiger partial charge in [0.1, 0.15) is 25.1 Å². The summed E-state index contributed by atoms with van der Waals surface area (Å²) >= 11 is 12.9. The molecule has 2 aromatic carbocycles. The minimum Gasteiger partial charge on any atom is -0.488 e. The molecule has 1 fully saturated rings. The van der Waals surface area contributed by atoms with E-state index in [1.54, 1.807) is 12.1 Å². The average Bonchev–Trinajstić information content (AvgIpc) is 3.54. The summed E-state index contributed by atoms with van der Waals surface area (Å²) in [6.45, 7) is 4.65. The summed E-state index contributed by atoms with van der Waals surface area (Å²) in [5.74, 6) is 0.571. The number of ether oxygens (including phenoxy) is 3. The number of nitrogens with one attached hydrogen (secondary N) is 1. The molecular formula is C22H25Cl2NO6S.